The molecule has 1 unspecified atom stereocenters. The number of nitrogens with one attached hydrogen (secondary N) is 1. The highest BCUT2D eigenvalue weighted by Gasteiger charge is 2.16. The third-order valence-corrected chi connectivity index (χ3v) is 2.00. The van der Waals surface area contributed by atoms with Crippen molar-refractivity contribution < 1.29 is 14.3 Å². The highest BCUT2D eigenvalue weighted by molar-refractivity contribution is 5.82. The number of esters is 1. The lowest BCUT2D eigenvalue weighted by molar-refractivity contribution is -0.140. The van der Waals surface area contributed by atoms with Gasteiger partial charge in [-0.2, -0.15) is 0 Å². The molecule has 0 aliphatic carbocycles. The van der Waals surface area contributed by atoms with E-state index in [1.165, 1.54) is 7.11 Å². The average Bonchev–Trinajstić information content (AvgIpc) is 2.22. The summed E-state index contributed by atoms with van der Waals surface area (Å²) in [4.78, 5) is 23.8. The monoisotopic (exact) mass is 202 g/mol. The predicted octanol–water partition coefficient (Wildman–Crippen LogP) is -0.384. The molecule has 0 aromatic carbocycles. The summed E-state index contributed by atoms with van der Waals surface area (Å²) in [6, 6.07) is -0.362. The largest absolute Gasteiger partial charge is 0.468 e. The van der Waals surface area contributed by atoms with Gasteiger partial charge in [-0.15, -0.1) is 0 Å². The van der Waals surface area contributed by atoms with Crippen LogP contribution in [-0.4, -0.2) is 50.1 Å². The minimum absolute atomic E-state index is 0.0311. The number of ether oxygens (including phenoxy) is 1. The molecule has 82 valence electrons. The number of likely N-dealkylation sites (N-methyl/N-ethyl adjacent to an activating group) is 1. The van der Waals surface area contributed by atoms with Crippen LogP contribution >= 0.6 is 0 Å². The average molecular weight is 202 g/mol. The van der Waals surface area contributed by atoms with Gasteiger partial charge in [0.25, 0.3) is 0 Å². The van der Waals surface area contributed by atoms with Crippen LogP contribution in [0.4, 0.5) is 0 Å². The normalized spacial score (nSPS) is 12.0. The Kier molecular flexibility index (Phi) is 5.87. The Morgan fingerprint density at radius 1 is 1.50 bits per heavy atom. The molecular weight excluding hydrogens is 184 g/mol. The van der Waals surface area contributed by atoms with Crippen LogP contribution in [0.25, 0.3) is 0 Å². The molecule has 5 nitrogen and oxygen atoms in total. The SMILES string of the molecule is CCN(C)C(=O)C(C)NCC(=O)OC. The third-order valence-electron chi connectivity index (χ3n) is 2.00. The molecule has 0 rings (SSSR count). The number of nitrogens with zero attached hydrogens (tertiary/aromatic N) is 1. The van der Waals surface area contributed by atoms with E-state index in [0.717, 1.165) is 0 Å². The van der Waals surface area contributed by atoms with Gasteiger partial charge in [0.1, 0.15) is 0 Å². The number of amides is 1. The lowest BCUT2D eigenvalue weighted by atomic mass is 10.3. The van der Waals surface area contributed by atoms with E-state index in [1.807, 2.05) is 6.92 Å². The van der Waals surface area contributed by atoms with Crippen molar-refractivity contribution in [2.24, 2.45) is 0 Å². The van der Waals surface area contributed by atoms with Gasteiger partial charge in [0.05, 0.1) is 19.7 Å². The Morgan fingerprint density at radius 3 is 2.50 bits per heavy atom. The summed E-state index contributed by atoms with van der Waals surface area (Å²) in [6.07, 6.45) is 0. The highest BCUT2D eigenvalue weighted by Crippen LogP contribution is 1.90. The van der Waals surface area contributed by atoms with Gasteiger partial charge in [-0.1, -0.05) is 0 Å². The maximum Gasteiger partial charge on any atom is 0.319 e. The Labute approximate surface area is 84.4 Å². The molecule has 1 atom stereocenters. The summed E-state index contributed by atoms with van der Waals surface area (Å²) < 4.78 is 4.44. The van der Waals surface area contributed by atoms with Crippen molar-refractivity contribution >= 4 is 11.9 Å². The number of hydrogen-bond acceptors (Lipinski definition) is 4. The van der Waals surface area contributed by atoms with Crippen molar-refractivity contribution in [3.8, 4) is 0 Å². The smallest absolute Gasteiger partial charge is 0.319 e. The molecule has 0 radical (unpaired) electrons. The Balaban J connectivity index is 3.90. The summed E-state index contributed by atoms with van der Waals surface area (Å²) in [7, 11) is 3.04. The predicted molar refractivity (Wildman–Crippen MR) is 52.8 cm³/mol. The van der Waals surface area contributed by atoms with E-state index in [1.54, 1.807) is 18.9 Å². The van der Waals surface area contributed by atoms with E-state index in [4.69, 9.17) is 0 Å². The van der Waals surface area contributed by atoms with Crippen LogP contribution in [0, 0.1) is 0 Å². The van der Waals surface area contributed by atoms with Crippen LogP contribution in [0.2, 0.25) is 0 Å². The molecule has 5 heteroatoms. The standard InChI is InChI=1S/C9H18N2O3/c1-5-11(3)9(13)7(2)10-6-8(12)14-4/h7,10H,5-6H2,1-4H3. The molecule has 14 heavy (non-hydrogen) atoms. The molecule has 0 aromatic heterocycles. The maximum absolute atomic E-state index is 11.5. The van der Waals surface area contributed by atoms with Crippen LogP contribution < -0.4 is 5.32 Å². The van der Waals surface area contributed by atoms with Gasteiger partial charge in [0.2, 0.25) is 5.91 Å². The van der Waals surface area contributed by atoms with Gasteiger partial charge in [-0.05, 0) is 13.8 Å². The fraction of sp³-hybridized carbons (Fsp3) is 0.778. The first-order valence-corrected chi connectivity index (χ1v) is 4.58. The fourth-order valence-electron chi connectivity index (χ4n) is 0.882. The Morgan fingerprint density at radius 2 is 2.07 bits per heavy atom. The van der Waals surface area contributed by atoms with Gasteiger partial charge < -0.3 is 9.64 Å². The van der Waals surface area contributed by atoms with Crippen LogP contribution in [0.1, 0.15) is 13.8 Å². The first-order chi connectivity index (χ1) is 6.52. The van der Waals surface area contributed by atoms with Crippen LogP contribution in [0.3, 0.4) is 0 Å². The molecule has 0 fully saturated rings. The molecule has 0 bridgehead atoms. The number of rotatable bonds is 5. The second-order valence-electron chi connectivity index (χ2n) is 3.03. The van der Waals surface area contributed by atoms with Crippen molar-refractivity contribution in [1.29, 1.82) is 0 Å². The van der Waals surface area contributed by atoms with E-state index in [0.29, 0.717) is 6.54 Å². The van der Waals surface area contributed by atoms with Crippen molar-refractivity contribution in [1.82, 2.24) is 10.2 Å². The fourth-order valence-corrected chi connectivity index (χ4v) is 0.882. The molecule has 1 N–H and O–H groups in total. The second kappa shape index (κ2) is 6.37. The minimum Gasteiger partial charge on any atom is -0.468 e. The summed E-state index contributed by atoms with van der Waals surface area (Å²) in [6.45, 7) is 4.33. The number of carbonyl (C=O) groups excluding carboxylic acids is 2. The third kappa shape index (κ3) is 4.23. The molecule has 0 aromatic rings. The van der Waals surface area contributed by atoms with E-state index in [9.17, 15) is 9.59 Å². The number of carbonyl (C=O) groups is 2. The maximum atomic E-state index is 11.5. The molecule has 0 saturated heterocycles. The van der Waals surface area contributed by atoms with E-state index in [-0.39, 0.29) is 24.5 Å². The molecular formula is C9H18N2O3. The molecule has 0 aliphatic rings. The summed E-state index contributed by atoms with van der Waals surface area (Å²) in [5, 5.41) is 2.78. The summed E-state index contributed by atoms with van der Waals surface area (Å²) in [5.41, 5.74) is 0. The molecule has 0 aliphatic heterocycles. The summed E-state index contributed by atoms with van der Waals surface area (Å²) >= 11 is 0. The van der Waals surface area contributed by atoms with Gasteiger partial charge in [0, 0.05) is 13.6 Å². The first kappa shape index (κ1) is 12.9. The quantitative estimate of drug-likeness (QED) is 0.617. The lowest BCUT2D eigenvalue weighted by Gasteiger charge is -2.20. The zero-order chi connectivity index (χ0) is 11.1. The van der Waals surface area contributed by atoms with E-state index in [2.05, 4.69) is 10.1 Å². The number of methoxy groups -OCH3 is 1. The van der Waals surface area contributed by atoms with Crippen LogP contribution in [-0.2, 0) is 14.3 Å². The van der Waals surface area contributed by atoms with Crippen LogP contribution in [0.5, 0.6) is 0 Å². The molecule has 0 heterocycles. The first-order valence-electron chi connectivity index (χ1n) is 4.58. The number of hydrogen-bond donors (Lipinski definition) is 1. The molecule has 0 saturated carbocycles. The topological polar surface area (TPSA) is 58.6 Å². The van der Waals surface area contributed by atoms with Gasteiger partial charge in [-0.3, -0.25) is 14.9 Å². The van der Waals surface area contributed by atoms with E-state index < -0.39 is 0 Å². The zero-order valence-corrected chi connectivity index (χ0v) is 9.16. The van der Waals surface area contributed by atoms with Crippen molar-refractivity contribution in [3.05, 3.63) is 0 Å². The van der Waals surface area contributed by atoms with E-state index >= 15 is 0 Å². The van der Waals surface area contributed by atoms with Gasteiger partial charge in [-0.25, -0.2) is 0 Å². The van der Waals surface area contributed by atoms with Crippen molar-refractivity contribution in [2.75, 3.05) is 27.2 Å². The Hall–Kier alpha value is -1.10. The lowest BCUT2D eigenvalue weighted by Crippen LogP contribution is -2.44. The molecule has 1 amide bonds. The minimum atomic E-state index is -0.371. The highest BCUT2D eigenvalue weighted by atomic mass is 16.5. The zero-order valence-electron chi connectivity index (χ0n) is 9.16. The Bertz CT molecular complexity index is 206. The van der Waals surface area contributed by atoms with Crippen molar-refractivity contribution in [2.45, 2.75) is 19.9 Å². The second-order valence-corrected chi connectivity index (χ2v) is 3.03. The van der Waals surface area contributed by atoms with Gasteiger partial charge >= 0.3 is 5.97 Å². The van der Waals surface area contributed by atoms with Gasteiger partial charge in [0.15, 0.2) is 0 Å². The summed E-state index contributed by atoms with van der Waals surface area (Å²) in [5.74, 6) is -0.403. The van der Waals surface area contributed by atoms with Crippen molar-refractivity contribution in [3.63, 3.8) is 0 Å². The van der Waals surface area contributed by atoms with Crippen LogP contribution in [0.15, 0.2) is 0 Å². The molecule has 0 spiro atoms.